The van der Waals surface area contributed by atoms with Gasteiger partial charge in [0, 0.05) is 51.3 Å². The molecule has 5 fully saturated rings. The van der Waals surface area contributed by atoms with Crippen molar-refractivity contribution in [3.63, 3.8) is 0 Å². The molecule has 6 aromatic rings. The molecular formula is C62H75ClN10O6S. The number of halogens is 1. The lowest BCUT2D eigenvalue weighted by Crippen LogP contribution is -2.55. The number of thiazole rings is 1. The second kappa shape index (κ2) is 22.1. The highest BCUT2D eigenvalue weighted by molar-refractivity contribution is 7.13. The molecule has 0 bridgehead atoms. The molecule has 1 spiro atoms. The SMILES string of the molecule is COC(=O)C1CN(C[C@H](NC(=O)[C@@H]2C[C@@H](O)CN2C(=O)[C@@H](n2cc(C3CCC(CN4CCC(c5ccc6c(c5)-n5c(nc(=O)c7c(Cl)cccc75)C65CCCCC5)CC4)CC3)nn2)C(C)(C)C)c2ccc(-c3scnc3C)cc2)C1. The van der Waals surface area contributed by atoms with E-state index in [4.69, 9.17) is 26.4 Å². The Kier molecular flexibility index (Phi) is 15.1. The normalized spacial score (nSPS) is 23.4. The average Bonchev–Trinajstić information content (AvgIpc) is 2.97. The Balaban J connectivity index is 0.676. The fourth-order valence-corrected chi connectivity index (χ4v) is 15.7. The van der Waals surface area contributed by atoms with Gasteiger partial charge in [0.15, 0.2) is 0 Å². The zero-order valence-corrected chi connectivity index (χ0v) is 48.4. The van der Waals surface area contributed by atoms with Gasteiger partial charge in [-0.25, -0.2) is 9.67 Å². The molecule has 80 heavy (non-hydrogen) atoms. The number of amides is 2. The van der Waals surface area contributed by atoms with Gasteiger partial charge in [0.05, 0.1) is 74.0 Å². The van der Waals surface area contributed by atoms with Crippen molar-refractivity contribution in [2.45, 2.75) is 146 Å². The van der Waals surface area contributed by atoms with Gasteiger partial charge in [-0.2, -0.15) is 4.98 Å². The van der Waals surface area contributed by atoms with Crippen molar-refractivity contribution >= 4 is 51.6 Å². The number of nitrogens with one attached hydrogen (secondary N) is 1. The van der Waals surface area contributed by atoms with E-state index in [2.05, 4.69) is 48.1 Å². The lowest BCUT2D eigenvalue weighted by molar-refractivity contribution is -0.151. The number of aliphatic hydroxyl groups excluding tert-OH is 1. The molecule has 18 heteroatoms. The molecule has 4 atom stereocenters. The van der Waals surface area contributed by atoms with Gasteiger partial charge in [-0.05, 0) is 129 Å². The van der Waals surface area contributed by atoms with E-state index >= 15 is 0 Å². The number of esters is 1. The van der Waals surface area contributed by atoms with E-state index < -0.39 is 29.6 Å². The predicted octanol–water partition coefficient (Wildman–Crippen LogP) is 9.29. The van der Waals surface area contributed by atoms with Gasteiger partial charge in [0.1, 0.15) is 17.9 Å². The van der Waals surface area contributed by atoms with Gasteiger partial charge in [0.25, 0.3) is 5.56 Å². The summed E-state index contributed by atoms with van der Waals surface area (Å²) < 4.78 is 8.96. The molecular weight excluding hydrogens is 1050 g/mol. The smallest absolute Gasteiger partial charge is 0.311 e. The molecule has 0 unspecified atom stereocenters. The lowest BCUT2D eigenvalue weighted by atomic mass is 9.69. The number of ether oxygens (including phenoxy) is 1. The minimum Gasteiger partial charge on any atom is -0.469 e. The van der Waals surface area contributed by atoms with Crippen LogP contribution in [0.1, 0.15) is 156 Å². The Morgan fingerprint density at radius 2 is 1.68 bits per heavy atom. The summed E-state index contributed by atoms with van der Waals surface area (Å²) in [6, 6.07) is 18.9. The van der Waals surface area contributed by atoms with Crippen LogP contribution in [0.4, 0.5) is 0 Å². The maximum absolute atomic E-state index is 14.9. The molecule has 4 aliphatic heterocycles. The highest BCUT2D eigenvalue weighted by atomic mass is 35.5. The van der Waals surface area contributed by atoms with E-state index in [1.807, 2.05) is 75.8 Å². The number of hydrogen-bond acceptors (Lipinski definition) is 13. The number of fused-ring (bicyclic) bond motifs is 7. The monoisotopic (exact) mass is 1120 g/mol. The summed E-state index contributed by atoms with van der Waals surface area (Å²) in [5.74, 6) is 1.11. The number of aromatic nitrogens is 6. The van der Waals surface area contributed by atoms with Crippen LogP contribution in [0.3, 0.4) is 0 Å². The number of hydrogen-bond donors (Lipinski definition) is 2. The van der Waals surface area contributed by atoms with Crippen molar-refractivity contribution in [1.29, 1.82) is 0 Å². The third-order valence-corrected chi connectivity index (χ3v) is 20.2. The van der Waals surface area contributed by atoms with Gasteiger partial charge < -0.3 is 25.0 Å². The van der Waals surface area contributed by atoms with Gasteiger partial charge in [-0.3, -0.25) is 28.6 Å². The predicted molar refractivity (Wildman–Crippen MR) is 309 cm³/mol. The van der Waals surface area contributed by atoms with Gasteiger partial charge in [-0.15, -0.1) is 16.4 Å². The Morgan fingerprint density at radius 1 is 0.925 bits per heavy atom. The zero-order chi connectivity index (χ0) is 55.6. The number of β-amino-alcohol motifs (C(OH)–C–C–N with tert-alkyl or cyclic N) is 1. The van der Waals surface area contributed by atoms with Crippen LogP contribution in [0, 0.1) is 24.2 Å². The maximum atomic E-state index is 14.9. The summed E-state index contributed by atoms with van der Waals surface area (Å²) in [5, 5.41) is 24.7. The van der Waals surface area contributed by atoms with Crippen LogP contribution >= 0.6 is 22.9 Å². The van der Waals surface area contributed by atoms with Crippen molar-refractivity contribution in [1.82, 2.24) is 49.5 Å². The number of benzene rings is 3. The van der Waals surface area contributed by atoms with Crippen molar-refractivity contribution in [2.75, 3.05) is 52.9 Å². The van der Waals surface area contributed by atoms with E-state index in [1.54, 1.807) is 27.0 Å². The molecule has 2 N–H and O–H groups in total. The highest BCUT2D eigenvalue weighted by Crippen LogP contribution is 2.52. The minimum absolute atomic E-state index is 0.0344. The topological polar surface area (TPSA) is 181 Å². The number of aryl methyl sites for hydroxylation is 1. The van der Waals surface area contributed by atoms with E-state index in [9.17, 15) is 24.3 Å². The molecule has 3 saturated heterocycles. The molecule has 12 rings (SSSR count). The summed E-state index contributed by atoms with van der Waals surface area (Å²) in [6.07, 6.45) is 13.1. The van der Waals surface area contributed by atoms with Crippen LogP contribution < -0.4 is 10.9 Å². The summed E-state index contributed by atoms with van der Waals surface area (Å²) in [5.41, 5.74) is 9.25. The molecule has 2 aliphatic carbocycles. The Hall–Kier alpha value is -5.85. The first-order valence-corrected chi connectivity index (χ1v) is 30.4. The summed E-state index contributed by atoms with van der Waals surface area (Å²) >= 11 is 8.24. The number of carbonyl (C=O) groups excluding carboxylic acids is 3. The van der Waals surface area contributed by atoms with Crippen LogP contribution in [0.15, 0.2) is 77.2 Å². The Labute approximate surface area is 477 Å². The second-order valence-corrected chi connectivity index (χ2v) is 26.4. The van der Waals surface area contributed by atoms with Crippen molar-refractivity contribution in [3.05, 3.63) is 122 Å². The molecule has 6 aliphatic rings. The van der Waals surface area contributed by atoms with Crippen molar-refractivity contribution in [3.8, 4) is 16.1 Å². The molecule has 3 aromatic heterocycles. The van der Waals surface area contributed by atoms with E-state index in [0.29, 0.717) is 41.9 Å². The third kappa shape index (κ3) is 10.3. The zero-order valence-electron chi connectivity index (χ0n) is 46.8. The first-order chi connectivity index (χ1) is 38.6. The first kappa shape index (κ1) is 54.7. The van der Waals surface area contributed by atoms with Crippen LogP contribution in [0.25, 0.3) is 27.0 Å². The van der Waals surface area contributed by atoms with Crippen LogP contribution in [0.2, 0.25) is 5.02 Å². The van der Waals surface area contributed by atoms with Crippen LogP contribution in [-0.2, 0) is 24.5 Å². The molecule has 7 heterocycles. The second-order valence-electron chi connectivity index (χ2n) is 25.1. The largest absolute Gasteiger partial charge is 0.469 e. The molecule has 3 aromatic carbocycles. The number of carbonyl (C=O) groups is 3. The van der Waals surface area contributed by atoms with Gasteiger partial charge in [-0.1, -0.05) is 99.3 Å². The van der Waals surface area contributed by atoms with E-state index in [1.165, 1.54) is 30.3 Å². The molecule has 2 saturated carbocycles. The number of rotatable bonds is 13. The lowest BCUT2D eigenvalue weighted by Gasteiger charge is -2.40. The number of likely N-dealkylation sites (tertiary alicyclic amines) is 3. The summed E-state index contributed by atoms with van der Waals surface area (Å²) in [6.45, 7) is 12.7. The summed E-state index contributed by atoms with van der Waals surface area (Å²) in [7, 11) is 1.40. The molecule has 2 amide bonds. The quantitative estimate of drug-likeness (QED) is 0.105. The molecule has 0 radical (unpaired) electrons. The van der Waals surface area contributed by atoms with E-state index in [0.717, 1.165) is 123 Å². The van der Waals surface area contributed by atoms with Crippen LogP contribution in [-0.4, -0.2) is 132 Å². The Bertz CT molecular complexity index is 3340. The highest BCUT2D eigenvalue weighted by Gasteiger charge is 2.48. The van der Waals surface area contributed by atoms with Crippen molar-refractivity contribution in [2.24, 2.45) is 17.3 Å². The minimum atomic E-state index is -0.897. The summed E-state index contributed by atoms with van der Waals surface area (Å²) in [4.78, 5) is 71.9. The fourth-order valence-electron chi connectivity index (χ4n) is 14.6. The average molecular weight is 1120 g/mol. The first-order valence-electron chi connectivity index (χ1n) is 29.2. The van der Waals surface area contributed by atoms with E-state index in [-0.39, 0.29) is 53.6 Å². The molecule has 422 valence electrons. The maximum Gasteiger partial charge on any atom is 0.311 e. The standard InChI is InChI=1S/C62H75ClN10O6S/c1-37-54(80-36-64-37)42-18-16-40(17-19-42)48(34-70-31-44(32-70)59(78)79-5)65-56(75)52-29-45(74)33-71(52)58(77)55(61(2,3)4)72-35-49(67-68-72)41-14-12-38(13-15-41)30-69-26-22-39(23-27-69)43-20-21-46-51(28-43)73-50-11-9-10-47(63)53(50)57(76)66-60(73)62(46)24-7-6-8-25-62/h9-11,16-21,28,35-36,38-39,41,44-45,48,52,55,74H,6-8,12-15,22-27,29-34H2,1-5H3,(H,65,75)/t38?,41?,45-,48+,52+,55-/m1/s1. The van der Waals surface area contributed by atoms with Crippen LogP contribution in [0.5, 0.6) is 0 Å². The van der Waals surface area contributed by atoms with Crippen molar-refractivity contribution < 1.29 is 24.2 Å². The van der Waals surface area contributed by atoms with Gasteiger partial charge in [0.2, 0.25) is 11.8 Å². The fraction of sp³-hybridized carbons (Fsp3) is 0.548. The third-order valence-electron chi connectivity index (χ3n) is 18.9. The number of nitrogens with zero attached hydrogens (tertiary/aromatic N) is 9. The number of piperidine rings is 1. The number of methoxy groups -OCH3 is 1. The number of aliphatic hydroxyl groups is 1. The molecule has 16 nitrogen and oxygen atoms in total. The Morgan fingerprint density at radius 3 is 2.38 bits per heavy atom. The van der Waals surface area contributed by atoms with Gasteiger partial charge >= 0.3 is 5.97 Å².